The van der Waals surface area contributed by atoms with Gasteiger partial charge in [0.05, 0.1) is 0 Å². The van der Waals surface area contributed by atoms with E-state index in [2.05, 4.69) is 9.99 Å². The summed E-state index contributed by atoms with van der Waals surface area (Å²) >= 11 is 0. The molecule has 60 valence electrons. The second-order valence-electron chi connectivity index (χ2n) is 1.75. The molecule has 5 nitrogen and oxygen atoms in total. The second kappa shape index (κ2) is 5.23. The van der Waals surface area contributed by atoms with E-state index in [1.54, 1.807) is 0 Å². The van der Waals surface area contributed by atoms with Crippen LogP contribution in [0.5, 0.6) is 0 Å². The van der Waals surface area contributed by atoms with Gasteiger partial charge in [0.25, 0.3) is 5.91 Å². The van der Waals surface area contributed by atoms with Gasteiger partial charge in [0, 0.05) is 0 Å². The molecule has 0 aromatic carbocycles. The molecule has 0 heterocycles. The van der Waals surface area contributed by atoms with E-state index in [4.69, 9.17) is 11.0 Å². The Kier molecular flexibility index (Phi) is 4.49. The van der Waals surface area contributed by atoms with Crippen LogP contribution < -0.4 is 5.73 Å². The first kappa shape index (κ1) is 9.43. The third-order valence-corrected chi connectivity index (χ3v) is 0.791. The third-order valence-electron chi connectivity index (χ3n) is 0.791. The molecule has 0 unspecified atom stereocenters. The number of carbonyl (C=O) groups is 1. The number of hydrogen-bond donors (Lipinski definition) is 1. The molecule has 2 N–H and O–H groups in total. The molecule has 0 spiro atoms. The average molecular weight is 155 g/mol. The Hall–Kier alpha value is -1.57. The highest BCUT2D eigenvalue weighted by atomic mass is 16.6. The number of oxime groups is 1. The van der Waals surface area contributed by atoms with E-state index in [1.165, 1.54) is 6.07 Å². The van der Waals surface area contributed by atoms with Crippen molar-refractivity contribution in [1.82, 2.24) is 0 Å². The molecular weight excluding hydrogens is 146 g/mol. The van der Waals surface area contributed by atoms with E-state index in [0.29, 0.717) is 6.61 Å². The fourth-order valence-corrected chi connectivity index (χ4v) is 0.322. The van der Waals surface area contributed by atoms with E-state index < -0.39 is 11.6 Å². The molecule has 0 atom stereocenters. The quantitative estimate of drug-likeness (QED) is 0.345. The molecular formula is C6H9N3O2. The zero-order valence-electron chi connectivity index (χ0n) is 6.20. The van der Waals surface area contributed by atoms with Crippen molar-refractivity contribution >= 4 is 11.6 Å². The van der Waals surface area contributed by atoms with E-state index in [1.807, 2.05) is 6.92 Å². The molecule has 1 amide bonds. The van der Waals surface area contributed by atoms with E-state index >= 15 is 0 Å². The van der Waals surface area contributed by atoms with Crippen molar-refractivity contribution in [3.05, 3.63) is 0 Å². The summed E-state index contributed by atoms with van der Waals surface area (Å²) in [7, 11) is 0. The molecule has 5 heteroatoms. The van der Waals surface area contributed by atoms with Crippen molar-refractivity contribution in [2.45, 2.75) is 13.3 Å². The molecule has 0 fully saturated rings. The minimum atomic E-state index is -0.872. The summed E-state index contributed by atoms with van der Waals surface area (Å²) in [6, 6.07) is 1.51. The van der Waals surface area contributed by atoms with Crippen molar-refractivity contribution in [3.8, 4) is 6.07 Å². The summed E-state index contributed by atoms with van der Waals surface area (Å²) in [6.07, 6.45) is 0.765. The molecule has 0 rings (SSSR count). The van der Waals surface area contributed by atoms with E-state index in [-0.39, 0.29) is 0 Å². The van der Waals surface area contributed by atoms with Crippen LogP contribution in [0.4, 0.5) is 0 Å². The highest BCUT2D eigenvalue weighted by molar-refractivity contribution is 6.44. The van der Waals surface area contributed by atoms with Gasteiger partial charge in [0.15, 0.2) is 0 Å². The molecule has 0 aliphatic heterocycles. The second-order valence-corrected chi connectivity index (χ2v) is 1.75. The lowest BCUT2D eigenvalue weighted by atomic mass is 10.4. The summed E-state index contributed by atoms with van der Waals surface area (Å²) in [5.41, 5.74) is 4.35. The molecule has 0 radical (unpaired) electrons. The predicted molar refractivity (Wildman–Crippen MR) is 38.5 cm³/mol. The van der Waals surface area contributed by atoms with Crippen molar-refractivity contribution in [1.29, 1.82) is 5.26 Å². The van der Waals surface area contributed by atoms with Gasteiger partial charge in [0.1, 0.15) is 12.7 Å². The monoisotopic (exact) mass is 155 g/mol. The van der Waals surface area contributed by atoms with Gasteiger partial charge in [0.2, 0.25) is 5.71 Å². The van der Waals surface area contributed by atoms with Crippen LogP contribution in [0, 0.1) is 11.3 Å². The number of carbonyl (C=O) groups excluding carboxylic acids is 1. The number of amides is 1. The molecule has 0 aromatic rings. The van der Waals surface area contributed by atoms with Gasteiger partial charge in [-0.1, -0.05) is 12.1 Å². The molecule has 0 aliphatic carbocycles. The maximum absolute atomic E-state index is 10.3. The normalized spacial score (nSPS) is 10.4. The number of primary amides is 1. The first-order valence-electron chi connectivity index (χ1n) is 3.12. The summed E-state index contributed by atoms with van der Waals surface area (Å²) in [5.74, 6) is -0.872. The Morgan fingerprint density at radius 2 is 2.45 bits per heavy atom. The molecule has 11 heavy (non-hydrogen) atoms. The molecule has 0 aliphatic rings. The van der Waals surface area contributed by atoms with Crippen LogP contribution in [-0.4, -0.2) is 18.2 Å². The predicted octanol–water partition coefficient (Wildman–Crippen LogP) is -0.222. The van der Waals surface area contributed by atoms with Gasteiger partial charge in [-0.15, -0.1) is 0 Å². The van der Waals surface area contributed by atoms with Crippen LogP contribution in [0.2, 0.25) is 0 Å². The maximum Gasteiger partial charge on any atom is 0.281 e. The lowest BCUT2D eigenvalue weighted by Gasteiger charge is -1.93. The minimum Gasteiger partial charge on any atom is -0.395 e. The Morgan fingerprint density at radius 1 is 1.82 bits per heavy atom. The maximum atomic E-state index is 10.3. The summed E-state index contributed by atoms with van der Waals surface area (Å²) < 4.78 is 0. The summed E-state index contributed by atoms with van der Waals surface area (Å²) in [6.45, 7) is 2.25. The van der Waals surface area contributed by atoms with Gasteiger partial charge in [-0.2, -0.15) is 5.26 Å². The van der Waals surface area contributed by atoms with Crippen LogP contribution in [0.1, 0.15) is 13.3 Å². The van der Waals surface area contributed by atoms with Gasteiger partial charge in [-0.25, -0.2) is 0 Å². The fraction of sp³-hybridized carbons (Fsp3) is 0.500. The van der Waals surface area contributed by atoms with Crippen LogP contribution >= 0.6 is 0 Å². The Bertz CT molecular complexity index is 204. The lowest BCUT2D eigenvalue weighted by Crippen LogP contribution is -2.21. The largest absolute Gasteiger partial charge is 0.395 e. The van der Waals surface area contributed by atoms with Crippen LogP contribution in [0.15, 0.2) is 5.16 Å². The third kappa shape index (κ3) is 3.92. The van der Waals surface area contributed by atoms with Crippen LogP contribution in [0.3, 0.4) is 0 Å². The zero-order chi connectivity index (χ0) is 8.69. The lowest BCUT2D eigenvalue weighted by molar-refractivity contribution is -0.112. The van der Waals surface area contributed by atoms with Gasteiger partial charge in [-0.05, 0) is 6.42 Å². The fourth-order valence-electron chi connectivity index (χ4n) is 0.322. The Morgan fingerprint density at radius 3 is 2.82 bits per heavy atom. The number of rotatable bonds is 4. The summed E-state index contributed by atoms with van der Waals surface area (Å²) in [5, 5.41) is 11.4. The SMILES string of the molecule is CCCO/N=C(/C#N)C(N)=O. The zero-order valence-corrected chi connectivity index (χ0v) is 6.20. The standard InChI is InChI=1S/C6H9N3O2/c1-2-3-11-9-5(4-7)6(8)10/h2-3H2,1H3,(H2,8,10)/b9-5-. The highest BCUT2D eigenvalue weighted by Crippen LogP contribution is 1.83. The number of nitriles is 1. The van der Waals surface area contributed by atoms with Gasteiger partial charge in [-0.3, -0.25) is 4.79 Å². The number of nitrogens with zero attached hydrogens (tertiary/aromatic N) is 2. The molecule has 0 saturated heterocycles. The van der Waals surface area contributed by atoms with Crippen LogP contribution in [-0.2, 0) is 9.63 Å². The van der Waals surface area contributed by atoms with Crippen molar-refractivity contribution in [3.63, 3.8) is 0 Å². The summed E-state index contributed by atoms with van der Waals surface area (Å²) in [4.78, 5) is 14.9. The molecule has 0 saturated carbocycles. The van der Waals surface area contributed by atoms with E-state index in [0.717, 1.165) is 6.42 Å². The molecule has 0 bridgehead atoms. The van der Waals surface area contributed by atoms with Gasteiger partial charge >= 0.3 is 0 Å². The van der Waals surface area contributed by atoms with Crippen molar-refractivity contribution < 1.29 is 9.63 Å². The number of hydrogen-bond acceptors (Lipinski definition) is 4. The minimum absolute atomic E-state index is 0.373. The first-order valence-corrected chi connectivity index (χ1v) is 3.12. The topological polar surface area (TPSA) is 88.5 Å². The Balaban J connectivity index is 3.95. The highest BCUT2D eigenvalue weighted by Gasteiger charge is 2.04. The smallest absolute Gasteiger partial charge is 0.281 e. The number of nitrogens with two attached hydrogens (primary N) is 1. The van der Waals surface area contributed by atoms with Gasteiger partial charge < -0.3 is 10.6 Å². The van der Waals surface area contributed by atoms with Crippen LogP contribution in [0.25, 0.3) is 0 Å². The Labute approximate surface area is 64.4 Å². The molecule has 0 aromatic heterocycles. The average Bonchev–Trinajstić information content (AvgIpc) is 1.97. The van der Waals surface area contributed by atoms with E-state index in [9.17, 15) is 4.79 Å². The first-order chi connectivity index (χ1) is 5.22. The van der Waals surface area contributed by atoms with Crippen molar-refractivity contribution in [2.75, 3.05) is 6.61 Å². The van der Waals surface area contributed by atoms with Crippen molar-refractivity contribution in [2.24, 2.45) is 10.9 Å².